The van der Waals surface area contributed by atoms with Gasteiger partial charge in [0.15, 0.2) is 0 Å². The number of thiophene rings is 1. The molecule has 0 aliphatic carbocycles. The summed E-state index contributed by atoms with van der Waals surface area (Å²) in [6, 6.07) is 2.32. The minimum Gasteiger partial charge on any atom is -0.314 e. The Morgan fingerprint density at radius 3 is 3.10 bits per heavy atom. The first-order valence-electron chi connectivity index (χ1n) is 7.13. The number of hydrogen-bond acceptors (Lipinski definition) is 4. The number of rotatable bonds is 4. The zero-order valence-electron chi connectivity index (χ0n) is 11.6. The van der Waals surface area contributed by atoms with Crippen molar-refractivity contribution in [1.82, 2.24) is 20.1 Å². The number of hydrogen-bond donors (Lipinski definition) is 1. The van der Waals surface area contributed by atoms with Gasteiger partial charge < -0.3 is 9.88 Å². The molecule has 20 heavy (non-hydrogen) atoms. The van der Waals surface area contributed by atoms with Gasteiger partial charge in [-0.2, -0.15) is 0 Å². The summed E-state index contributed by atoms with van der Waals surface area (Å²) in [7, 11) is 0. The van der Waals surface area contributed by atoms with E-state index in [1.165, 1.54) is 28.6 Å². The molecule has 2 aromatic heterocycles. The predicted octanol–water partition coefficient (Wildman–Crippen LogP) is 3.68. The van der Waals surface area contributed by atoms with Gasteiger partial charge in [0.2, 0.25) is 0 Å². The Bertz CT molecular complexity index is 577. The molecule has 0 saturated heterocycles. The smallest absolute Gasteiger partial charge is 0.149 e. The Morgan fingerprint density at radius 2 is 2.30 bits per heavy atom. The van der Waals surface area contributed by atoms with Gasteiger partial charge in [0.1, 0.15) is 11.6 Å². The molecule has 1 unspecified atom stereocenters. The van der Waals surface area contributed by atoms with E-state index in [1.54, 1.807) is 11.3 Å². The van der Waals surface area contributed by atoms with Crippen LogP contribution in [0.5, 0.6) is 0 Å². The van der Waals surface area contributed by atoms with E-state index in [9.17, 15) is 0 Å². The SMILES string of the molecule is CC(NCc1sccc1Br)c1nnc2n1CCCCC2. The van der Waals surface area contributed by atoms with Crippen molar-refractivity contribution in [2.75, 3.05) is 0 Å². The maximum absolute atomic E-state index is 4.40. The van der Waals surface area contributed by atoms with Gasteiger partial charge in [-0.15, -0.1) is 21.5 Å². The summed E-state index contributed by atoms with van der Waals surface area (Å²) in [5.74, 6) is 2.23. The number of aromatic nitrogens is 3. The Labute approximate surface area is 131 Å². The van der Waals surface area contributed by atoms with Gasteiger partial charge in [-0.05, 0) is 47.1 Å². The van der Waals surface area contributed by atoms with E-state index >= 15 is 0 Å². The number of nitrogens with one attached hydrogen (secondary N) is 1. The van der Waals surface area contributed by atoms with E-state index in [-0.39, 0.29) is 6.04 Å². The second-order valence-corrected chi connectivity index (χ2v) is 7.09. The molecule has 0 bridgehead atoms. The van der Waals surface area contributed by atoms with Crippen molar-refractivity contribution >= 4 is 27.3 Å². The molecular weight excluding hydrogens is 336 g/mol. The lowest BCUT2D eigenvalue weighted by atomic mass is 10.2. The van der Waals surface area contributed by atoms with Crippen LogP contribution in [0.3, 0.4) is 0 Å². The molecule has 108 valence electrons. The van der Waals surface area contributed by atoms with E-state index < -0.39 is 0 Å². The van der Waals surface area contributed by atoms with E-state index in [0.29, 0.717) is 0 Å². The molecular formula is C14H19BrN4S. The third-order valence-electron chi connectivity index (χ3n) is 3.79. The third kappa shape index (κ3) is 2.97. The quantitative estimate of drug-likeness (QED) is 0.910. The van der Waals surface area contributed by atoms with Gasteiger partial charge in [0.25, 0.3) is 0 Å². The molecule has 1 aliphatic rings. The first-order chi connectivity index (χ1) is 9.75. The van der Waals surface area contributed by atoms with Crippen LogP contribution in [0.4, 0.5) is 0 Å². The van der Waals surface area contributed by atoms with Crippen molar-refractivity contribution in [2.24, 2.45) is 0 Å². The van der Waals surface area contributed by atoms with E-state index in [1.807, 2.05) is 0 Å². The largest absolute Gasteiger partial charge is 0.314 e. The normalized spacial score (nSPS) is 16.7. The van der Waals surface area contributed by atoms with Crippen LogP contribution in [0.15, 0.2) is 15.9 Å². The lowest BCUT2D eigenvalue weighted by Crippen LogP contribution is -2.22. The Hall–Kier alpha value is -0.720. The summed E-state index contributed by atoms with van der Waals surface area (Å²) < 4.78 is 3.50. The minimum atomic E-state index is 0.225. The van der Waals surface area contributed by atoms with Crippen LogP contribution in [0.1, 0.15) is 48.8 Å². The van der Waals surface area contributed by atoms with Gasteiger partial charge in [-0.25, -0.2) is 0 Å². The summed E-state index contributed by atoms with van der Waals surface area (Å²) in [4.78, 5) is 1.33. The third-order valence-corrected chi connectivity index (χ3v) is 5.71. The zero-order chi connectivity index (χ0) is 13.9. The standard InChI is InChI=1S/C14H19BrN4S/c1-10(16-9-12-11(15)6-8-20-12)14-18-17-13-5-3-2-4-7-19(13)14/h6,8,10,16H,2-5,7,9H2,1H3. The van der Waals surface area contributed by atoms with Crippen LogP contribution >= 0.6 is 27.3 Å². The van der Waals surface area contributed by atoms with Crippen molar-refractivity contribution in [2.45, 2.75) is 51.7 Å². The fourth-order valence-electron chi connectivity index (χ4n) is 2.62. The van der Waals surface area contributed by atoms with Crippen LogP contribution < -0.4 is 5.32 Å². The van der Waals surface area contributed by atoms with Crippen molar-refractivity contribution in [3.63, 3.8) is 0 Å². The van der Waals surface area contributed by atoms with Gasteiger partial charge in [-0.3, -0.25) is 0 Å². The van der Waals surface area contributed by atoms with Crippen molar-refractivity contribution in [3.05, 3.63) is 32.4 Å². The Balaban J connectivity index is 1.69. The highest BCUT2D eigenvalue weighted by molar-refractivity contribution is 9.10. The van der Waals surface area contributed by atoms with Crippen LogP contribution in [-0.4, -0.2) is 14.8 Å². The molecule has 3 rings (SSSR count). The molecule has 1 atom stereocenters. The molecule has 4 nitrogen and oxygen atoms in total. The lowest BCUT2D eigenvalue weighted by molar-refractivity contribution is 0.503. The van der Waals surface area contributed by atoms with E-state index in [2.05, 4.69) is 54.4 Å². The second kappa shape index (κ2) is 6.37. The summed E-state index contributed by atoms with van der Waals surface area (Å²) in [6.07, 6.45) is 4.84. The average molecular weight is 355 g/mol. The molecule has 6 heteroatoms. The zero-order valence-corrected chi connectivity index (χ0v) is 14.0. The number of nitrogens with zero attached hydrogens (tertiary/aromatic N) is 3. The Morgan fingerprint density at radius 1 is 1.40 bits per heavy atom. The molecule has 1 N–H and O–H groups in total. The van der Waals surface area contributed by atoms with E-state index in [0.717, 1.165) is 31.2 Å². The molecule has 0 saturated carbocycles. The summed E-state index contributed by atoms with van der Waals surface area (Å²) >= 11 is 5.34. The van der Waals surface area contributed by atoms with Crippen molar-refractivity contribution in [1.29, 1.82) is 0 Å². The number of aryl methyl sites for hydroxylation is 1. The highest BCUT2D eigenvalue weighted by atomic mass is 79.9. The molecule has 3 heterocycles. The number of halogens is 1. The predicted molar refractivity (Wildman–Crippen MR) is 84.9 cm³/mol. The molecule has 0 aromatic carbocycles. The van der Waals surface area contributed by atoms with Crippen LogP contribution in [-0.2, 0) is 19.5 Å². The summed E-state index contributed by atoms with van der Waals surface area (Å²) in [5, 5.41) is 14.4. The average Bonchev–Trinajstić information content (AvgIpc) is 2.96. The first-order valence-corrected chi connectivity index (χ1v) is 8.80. The van der Waals surface area contributed by atoms with Gasteiger partial charge in [0.05, 0.1) is 6.04 Å². The molecule has 0 fully saturated rings. The van der Waals surface area contributed by atoms with Gasteiger partial charge in [-0.1, -0.05) is 6.42 Å². The van der Waals surface area contributed by atoms with E-state index in [4.69, 9.17) is 0 Å². The lowest BCUT2D eigenvalue weighted by Gasteiger charge is -2.15. The molecule has 0 amide bonds. The molecule has 2 aromatic rings. The van der Waals surface area contributed by atoms with Crippen LogP contribution in [0, 0.1) is 0 Å². The maximum Gasteiger partial charge on any atom is 0.149 e. The Kier molecular flexibility index (Phi) is 4.53. The molecule has 1 aliphatic heterocycles. The van der Waals surface area contributed by atoms with Crippen molar-refractivity contribution < 1.29 is 0 Å². The topological polar surface area (TPSA) is 42.7 Å². The maximum atomic E-state index is 4.40. The molecule has 0 radical (unpaired) electrons. The monoisotopic (exact) mass is 354 g/mol. The number of fused-ring (bicyclic) bond motifs is 1. The van der Waals surface area contributed by atoms with Crippen LogP contribution in [0.25, 0.3) is 0 Å². The summed E-state index contributed by atoms with van der Waals surface area (Å²) in [5.41, 5.74) is 0. The fourth-order valence-corrected chi connectivity index (χ4v) is 4.06. The van der Waals surface area contributed by atoms with Gasteiger partial charge >= 0.3 is 0 Å². The van der Waals surface area contributed by atoms with Crippen LogP contribution in [0.2, 0.25) is 0 Å². The van der Waals surface area contributed by atoms with Crippen molar-refractivity contribution in [3.8, 4) is 0 Å². The minimum absolute atomic E-state index is 0.225. The highest BCUT2D eigenvalue weighted by Crippen LogP contribution is 2.24. The second-order valence-electron chi connectivity index (χ2n) is 5.23. The first kappa shape index (κ1) is 14.2. The highest BCUT2D eigenvalue weighted by Gasteiger charge is 2.19. The fraction of sp³-hybridized carbons (Fsp3) is 0.571. The molecule has 0 spiro atoms. The summed E-state index contributed by atoms with van der Waals surface area (Å²) in [6.45, 7) is 4.09. The van der Waals surface area contributed by atoms with Gasteiger partial charge in [0, 0.05) is 28.9 Å².